The predicted molar refractivity (Wildman–Crippen MR) is 111 cm³/mol. The van der Waals surface area contributed by atoms with Crippen molar-refractivity contribution in [3.8, 4) is 22.8 Å². The predicted octanol–water partition coefficient (Wildman–Crippen LogP) is 4.91. The largest absolute Gasteiger partial charge is 0.495 e. The van der Waals surface area contributed by atoms with Crippen LogP contribution in [0.5, 0.6) is 11.5 Å². The lowest BCUT2D eigenvalue weighted by Gasteiger charge is -2.14. The van der Waals surface area contributed by atoms with Crippen LogP contribution < -0.4 is 9.47 Å². The average molecular weight is 526 g/mol. The van der Waals surface area contributed by atoms with Gasteiger partial charge in [-0.25, -0.2) is 14.2 Å². The monoisotopic (exact) mass is 525 g/mol. The maximum absolute atomic E-state index is 11.4. The number of hydrogen-bond donors (Lipinski definition) is 1. The molecule has 1 atom stereocenters. The number of benzene rings is 1. The van der Waals surface area contributed by atoms with Gasteiger partial charge in [-0.2, -0.15) is 5.10 Å². The summed E-state index contributed by atoms with van der Waals surface area (Å²) in [6.45, 7) is 0. The van der Waals surface area contributed by atoms with Crippen molar-refractivity contribution in [2.45, 2.75) is 0 Å². The van der Waals surface area contributed by atoms with E-state index in [-0.39, 0.29) is 22.1 Å². The number of pyridine rings is 1. The SMILES string of the molecule is COc1cc(OC)c(Cl)c(-c2ccc3c(C(=O)O)nn(PI)c3n2)c1Cl. The lowest BCUT2D eigenvalue weighted by atomic mass is 10.1. The number of nitrogens with zero attached hydrogens (tertiary/aromatic N) is 3. The number of aromatic carboxylic acids is 1. The van der Waals surface area contributed by atoms with Crippen LogP contribution in [0.25, 0.3) is 22.3 Å². The van der Waals surface area contributed by atoms with Crippen molar-refractivity contribution in [1.29, 1.82) is 0 Å². The summed E-state index contributed by atoms with van der Waals surface area (Å²) in [4.78, 5) is 15.9. The minimum absolute atomic E-state index is 0.0522. The summed E-state index contributed by atoms with van der Waals surface area (Å²) in [7, 11) is 2.97. The molecule has 0 bridgehead atoms. The molecular formula is C15H11Cl2IN3O4P. The van der Waals surface area contributed by atoms with Gasteiger partial charge in [0, 0.05) is 11.6 Å². The third kappa shape index (κ3) is 3.19. The Bertz CT molecular complexity index is 1000. The molecule has 3 aromatic rings. The molecule has 0 saturated carbocycles. The fourth-order valence-electron chi connectivity index (χ4n) is 2.46. The summed E-state index contributed by atoms with van der Waals surface area (Å²) < 4.78 is 12.1. The molecule has 11 heteroatoms. The van der Waals surface area contributed by atoms with Crippen molar-refractivity contribution in [2.75, 3.05) is 14.2 Å². The Balaban J connectivity index is 2.31. The number of rotatable bonds is 5. The molecule has 3 rings (SSSR count). The Kier molecular flexibility index (Phi) is 5.76. The zero-order chi connectivity index (χ0) is 19.0. The average Bonchev–Trinajstić information content (AvgIpc) is 3.00. The van der Waals surface area contributed by atoms with E-state index in [0.717, 1.165) is 0 Å². The van der Waals surface area contributed by atoms with E-state index in [1.165, 1.54) is 18.7 Å². The normalized spacial score (nSPS) is 11.4. The van der Waals surface area contributed by atoms with E-state index in [0.29, 0.717) is 33.8 Å². The van der Waals surface area contributed by atoms with E-state index in [1.807, 2.05) is 0 Å². The third-order valence-electron chi connectivity index (χ3n) is 3.64. The third-order valence-corrected chi connectivity index (χ3v) is 6.24. The fraction of sp³-hybridized carbons (Fsp3) is 0.133. The highest BCUT2D eigenvalue weighted by atomic mass is 127. The molecule has 0 saturated heterocycles. The summed E-state index contributed by atoms with van der Waals surface area (Å²) >= 11 is 15.0. The minimum Gasteiger partial charge on any atom is -0.495 e. The molecule has 2 aromatic heterocycles. The van der Waals surface area contributed by atoms with Crippen molar-refractivity contribution in [2.24, 2.45) is 0 Å². The van der Waals surface area contributed by atoms with Crippen LogP contribution in [-0.2, 0) is 0 Å². The Labute approximate surface area is 172 Å². The zero-order valence-corrected chi connectivity index (χ0v) is 18.0. The summed E-state index contributed by atoms with van der Waals surface area (Å²) in [5.74, 6) is -0.335. The highest BCUT2D eigenvalue weighted by molar-refractivity contribution is 14.2. The lowest BCUT2D eigenvalue weighted by molar-refractivity contribution is 0.0692. The Hall–Kier alpha value is -1.35. The number of fused-ring (bicyclic) bond motifs is 1. The van der Waals surface area contributed by atoms with Gasteiger partial charge in [-0.1, -0.05) is 23.2 Å². The van der Waals surface area contributed by atoms with Gasteiger partial charge < -0.3 is 14.6 Å². The van der Waals surface area contributed by atoms with E-state index in [9.17, 15) is 9.90 Å². The van der Waals surface area contributed by atoms with Crippen molar-refractivity contribution in [3.63, 3.8) is 0 Å². The first kappa shape index (κ1) is 19.4. The van der Waals surface area contributed by atoms with Crippen molar-refractivity contribution in [3.05, 3.63) is 33.9 Å². The van der Waals surface area contributed by atoms with Gasteiger partial charge in [-0.05, 0) is 34.2 Å². The van der Waals surface area contributed by atoms with Gasteiger partial charge in [0.1, 0.15) is 11.5 Å². The number of aromatic nitrogens is 3. The quantitative estimate of drug-likeness (QED) is 0.376. The molecule has 0 radical (unpaired) electrons. The van der Waals surface area contributed by atoms with Crippen LogP contribution in [0.1, 0.15) is 10.5 Å². The summed E-state index contributed by atoms with van der Waals surface area (Å²) in [5, 5.41) is 14.4. The van der Waals surface area contributed by atoms with Crippen LogP contribution in [0, 0.1) is 0 Å². The van der Waals surface area contributed by atoms with Crippen molar-refractivity contribution >= 4 is 68.6 Å². The fourth-order valence-corrected chi connectivity index (χ4v) is 4.55. The molecule has 0 spiro atoms. The first-order chi connectivity index (χ1) is 12.4. The second kappa shape index (κ2) is 7.72. The van der Waals surface area contributed by atoms with E-state index in [1.54, 1.807) is 18.2 Å². The number of halogens is 3. The molecule has 1 unspecified atom stereocenters. The molecule has 0 fully saturated rings. The maximum atomic E-state index is 11.4. The first-order valence-electron chi connectivity index (χ1n) is 7.03. The Morgan fingerprint density at radius 2 is 1.85 bits per heavy atom. The number of carboxylic acid groups (broad SMARTS) is 1. The second-order valence-corrected chi connectivity index (χ2v) is 7.80. The smallest absolute Gasteiger partial charge is 0.357 e. The Morgan fingerprint density at radius 1 is 1.23 bits per heavy atom. The molecule has 2 heterocycles. The van der Waals surface area contributed by atoms with Crippen molar-refractivity contribution < 1.29 is 19.4 Å². The zero-order valence-electron chi connectivity index (χ0n) is 13.4. The number of carboxylic acids is 1. The number of ether oxygens (including phenoxy) is 2. The standard InChI is InChI=1S/C15H11Cl2IN3O4P/c1-24-8-5-9(25-2)12(17)10(11(8)16)7-4-3-6-13(15(22)23)20-21(26-18)14(6)19-7/h3-5,26H,1-2H3,(H,22,23). The van der Waals surface area contributed by atoms with Crippen LogP contribution in [-0.4, -0.2) is 39.8 Å². The second-order valence-electron chi connectivity index (χ2n) is 5.00. The molecule has 0 aliphatic heterocycles. The molecule has 0 aliphatic rings. The van der Waals surface area contributed by atoms with Gasteiger partial charge in [0.25, 0.3) is 0 Å². The van der Waals surface area contributed by atoms with Gasteiger partial charge in [0.2, 0.25) is 0 Å². The molecule has 0 amide bonds. The molecular weight excluding hydrogens is 515 g/mol. The van der Waals surface area contributed by atoms with E-state index >= 15 is 0 Å². The first-order valence-corrected chi connectivity index (χ1v) is 11.8. The van der Waals surface area contributed by atoms with Crippen LogP contribution in [0.2, 0.25) is 10.0 Å². The van der Waals surface area contributed by atoms with Crippen LogP contribution in [0.15, 0.2) is 18.2 Å². The van der Waals surface area contributed by atoms with E-state index in [4.69, 9.17) is 32.7 Å². The van der Waals surface area contributed by atoms with E-state index < -0.39 is 5.97 Å². The molecule has 1 aromatic carbocycles. The Morgan fingerprint density at radius 3 is 2.35 bits per heavy atom. The summed E-state index contributed by atoms with van der Waals surface area (Å²) in [6, 6.07) is 4.87. The lowest BCUT2D eigenvalue weighted by Crippen LogP contribution is -1.97. The van der Waals surface area contributed by atoms with Gasteiger partial charge in [-0.3, -0.25) is 0 Å². The van der Waals surface area contributed by atoms with Gasteiger partial charge in [0.05, 0.1) is 41.7 Å². The topological polar surface area (TPSA) is 86.5 Å². The molecule has 1 N–H and O–H groups in total. The molecule has 136 valence electrons. The van der Waals surface area contributed by atoms with Crippen molar-refractivity contribution in [1.82, 2.24) is 14.5 Å². The summed E-state index contributed by atoms with van der Waals surface area (Å²) in [5.41, 5.74) is 1.27. The highest BCUT2D eigenvalue weighted by Crippen LogP contribution is 2.45. The van der Waals surface area contributed by atoms with Crippen LogP contribution in [0.3, 0.4) is 0 Å². The van der Waals surface area contributed by atoms with Gasteiger partial charge in [-0.15, -0.1) is 0 Å². The number of carbonyl (C=O) groups is 1. The van der Waals surface area contributed by atoms with Crippen LogP contribution >= 0.6 is 51.6 Å². The number of methoxy groups -OCH3 is 2. The maximum Gasteiger partial charge on any atom is 0.357 e. The molecule has 0 aliphatic carbocycles. The number of hydrogen-bond acceptors (Lipinski definition) is 5. The molecule has 7 nitrogen and oxygen atoms in total. The summed E-state index contributed by atoms with van der Waals surface area (Å²) in [6.07, 6.45) is 0.176. The highest BCUT2D eigenvalue weighted by Gasteiger charge is 2.22. The van der Waals surface area contributed by atoms with Crippen LogP contribution in [0.4, 0.5) is 0 Å². The minimum atomic E-state index is -1.11. The van der Waals surface area contributed by atoms with Gasteiger partial charge >= 0.3 is 5.97 Å². The van der Waals surface area contributed by atoms with E-state index in [2.05, 4.69) is 32.1 Å². The van der Waals surface area contributed by atoms with Gasteiger partial charge in [0.15, 0.2) is 11.3 Å². The molecule has 26 heavy (non-hydrogen) atoms.